The molecule has 0 aliphatic carbocycles. The summed E-state index contributed by atoms with van der Waals surface area (Å²) < 4.78 is 10.5. The third-order valence-electron chi connectivity index (χ3n) is 3.85. The maximum atomic E-state index is 12.3. The van der Waals surface area contributed by atoms with Crippen LogP contribution in [-0.4, -0.2) is 25.1 Å². The van der Waals surface area contributed by atoms with Gasteiger partial charge in [0.1, 0.15) is 5.75 Å². The molecule has 1 N–H and O–H groups in total. The van der Waals surface area contributed by atoms with Gasteiger partial charge in [0.25, 0.3) is 5.91 Å². The monoisotopic (exact) mass is 355 g/mol. The molecule has 5 nitrogen and oxygen atoms in total. The summed E-state index contributed by atoms with van der Waals surface area (Å²) in [6.07, 6.45) is 0.0234. The summed E-state index contributed by atoms with van der Waals surface area (Å²) in [6, 6.07) is 14.3. The standard InChI is InChI=1S/C21H25NO4/c1-14(2)13-16-9-11-17(12-10-16)21(24)26-15(3)20(23)22-18-7-5-6-8-19(18)25-4/h5-12,14-15H,13H2,1-4H3,(H,22,23)/t15-/m0/s1. The molecule has 138 valence electrons. The van der Waals surface area contributed by atoms with Crippen molar-refractivity contribution in [1.82, 2.24) is 0 Å². The van der Waals surface area contributed by atoms with Crippen molar-refractivity contribution in [3.63, 3.8) is 0 Å². The minimum atomic E-state index is -0.928. The van der Waals surface area contributed by atoms with Gasteiger partial charge in [-0.25, -0.2) is 4.79 Å². The maximum Gasteiger partial charge on any atom is 0.338 e. The Morgan fingerprint density at radius 2 is 1.65 bits per heavy atom. The van der Waals surface area contributed by atoms with Gasteiger partial charge in [-0.05, 0) is 49.1 Å². The highest BCUT2D eigenvalue weighted by molar-refractivity contribution is 5.98. The Hall–Kier alpha value is -2.82. The Labute approximate surface area is 154 Å². The van der Waals surface area contributed by atoms with Gasteiger partial charge in [0.05, 0.1) is 18.4 Å². The first-order chi connectivity index (χ1) is 12.4. The van der Waals surface area contributed by atoms with Gasteiger partial charge in [0.2, 0.25) is 0 Å². The summed E-state index contributed by atoms with van der Waals surface area (Å²) in [5.74, 6) is 0.148. The molecule has 0 unspecified atom stereocenters. The number of esters is 1. The SMILES string of the molecule is COc1ccccc1NC(=O)[C@H](C)OC(=O)c1ccc(CC(C)C)cc1. The minimum Gasteiger partial charge on any atom is -0.495 e. The number of hydrogen-bond acceptors (Lipinski definition) is 4. The summed E-state index contributed by atoms with van der Waals surface area (Å²) in [5, 5.41) is 2.71. The second-order valence-corrected chi connectivity index (χ2v) is 6.53. The van der Waals surface area contributed by atoms with Gasteiger partial charge in [-0.2, -0.15) is 0 Å². The third kappa shape index (κ3) is 5.34. The van der Waals surface area contributed by atoms with Crippen LogP contribution >= 0.6 is 0 Å². The predicted octanol–water partition coefficient (Wildman–Crippen LogP) is 4.08. The molecule has 26 heavy (non-hydrogen) atoms. The van der Waals surface area contributed by atoms with Crippen molar-refractivity contribution >= 4 is 17.6 Å². The Morgan fingerprint density at radius 1 is 1.00 bits per heavy atom. The van der Waals surface area contributed by atoms with Gasteiger partial charge >= 0.3 is 5.97 Å². The number of nitrogens with one attached hydrogen (secondary N) is 1. The first kappa shape index (κ1) is 19.5. The summed E-state index contributed by atoms with van der Waals surface area (Å²) in [4.78, 5) is 24.5. The Balaban J connectivity index is 1.96. The topological polar surface area (TPSA) is 64.6 Å². The zero-order valence-electron chi connectivity index (χ0n) is 15.6. The van der Waals surface area contributed by atoms with E-state index < -0.39 is 18.0 Å². The van der Waals surface area contributed by atoms with Gasteiger partial charge in [0.15, 0.2) is 6.10 Å². The molecular formula is C21H25NO4. The van der Waals surface area contributed by atoms with Crippen LogP contribution in [0.3, 0.4) is 0 Å². The highest BCUT2D eigenvalue weighted by atomic mass is 16.5. The van der Waals surface area contributed by atoms with E-state index in [9.17, 15) is 9.59 Å². The number of amides is 1. The third-order valence-corrected chi connectivity index (χ3v) is 3.85. The van der Waals surface area contributed by atoms with Crippen LogP contribution in [0.1, 0.15) is 36.7 Å². The number of rotatable bonds is 7. The summed E-state index contributed by atoms with van der Waals surface area (Å²) >= 11 is 0. The lowest BCUT2D eigenvalue weighted by atomic mass is 10.0. The average molecular weight is 355 g/mol. The van der Waals surface area contributed by atoms with Crippen molar-refractivity contribution < 1.29 is 19.1 Å². The van der Waals surface area contributed by atoms with Crippen LogP contribution in [0.15, 0.2) is 48.5 Å². The van der Waals surface area contributed by atoms with Crippen molar-refractivity contribution in [2.45, 2.75) is 33.3 Å². The average Bonchev–Trinajstić information content (AvgIpc) is 2.62. The highest BCUT2D eigenvalue weighted by Gasteiger charge is 2.20. The molecule has 0 aliphatic heterocycles. The first-order valence-corrected chi connectivity index (χ1v) is 8.64. The number of benzene rings is 2. The molecule has 1 amide bonds. The summed E-state index contributed by atoms with van der Waals surface area (Å²) in [7, 11) is 1.53. The molecule has 2 aromatic rings. The molecule has 2 aromatic carbocycles. The molecular weight excluding hydrogens is 330 g/mol. The molecule has 5 heteroatoms. The number of para-hydroxylation sites is 2. The Bertz CT molecular complexity index is 753. The molecule has 0 fully saturated rings. The number of carbonyl (C=O) groups excluding carboxylic acids is 2. The fourth-order valence-corrected chi connectivity index (χ4v) is 2.51. The summed E-state index contributed by atoms with van der Waals surface area (Å²) in [6.45, 7) is 5.82. The molecule has 2 rings (SSSR count). The van der Waals surface area contributed by atoms with Crippen LogP contribution in [0.25, 0.3) is 0 Å². The smallest absolute Gasteiger partial charge is 0.338 e. The molecule has 0 aliphatic rings. The van der Waals surface area contributed by atoms with E-state index in [4.69, 9.17) is 9.47 Å². The number of methoxy groups -OCH3 is 1. The lowest BCUT2D eigenvalue weighted by Gasteiger charge is -2.15. The zero-order valence-corrected chi connectivity index (χ0v) is 15.6. The van der Waals surface area contributed by atoms with E-state index >= 15 is 0 Å². The number of ether oxygens (including phenoxy) is 2. The Morgan fingerprint density at radius 3 is 2.27 bits per heavy atom. The van der Waals surface area contributed by atoms with E-state index in [1.807, 2.05) is 12.1 Å². The molecule has 0 bridgehead atoms. The van der Waals surface area contributed by atoms with Crippen LogP contribution in [-0.2, 0) is 16.0 Å². The molecule has 0 saturated carbocycles. The van der Waals surface area contributed by atoms with E-state index in [1.54, 1.807) is 36.4 Å². The van der Waals surface area contributed by atoms with Gasteiger partial charge in [-0.3, -0.25) is 4.79 Å². The minimum absolute atomic E-state index is 0.417. The van der Waals surface area contributed by atoms with E-state index in [1.165, 1.54) is 19.6 Å². The fraction of sp³-hybridized carbons (Fsp3) is 0.333. The lowest BCUT2D eigenvalue weighted by Crippen LogP contribution is -2.30. The molecule has 0 heterocycles. The van der Waals surface area contributed by atoms with Crippen LogP contribution in [0, 0.1) is 5.92 Å². The largest absolute Gasteiger partial charge is 0.495 e. The van der Waals surface area contributed by atoms with Crippen molar-refractivity contribution in [3.8, 4) is 5.75 Å². The number of hydrogen-bond donors (Lipinski definition) is 1. The van der Waals surface area contributed by atoms with Crippen LogP contribution in [0.4, 0.5) is 5.69 Å². The van der Waals surface area contributed by atoms with Crippen LogP contribution < -0.4 is 10.1 Å². The lowest BCUT2D eigenvalue weighted by molar-refractivity contribution is -0.123. The fourth-order valence-electron chi connectivity index (χ4n) is 2.51. The van der Waals surface area contributed by atoms with E-state index in [2.05, 4.69) is 19.2 Å². The van der Waals surface area contributed by atoms with Crippen LogP contribution in [0.2, 0.25) is 0 Å². The van der Waals surface area contributed by atoms with Crippen molar-refractivity contribution in [1.29, 1.82) is 0 Å². The maximum absolute atomic E-state index is 12.3. The molecule has 0 saturated heterocycles. The van der Waals surface area contributed by atoms with Crippen molar-refractivity contribution in [3.05, 3.63) is 59.7 Å². The zero-order chi connectivity index (χ0) is 19.1. The van der Waals surface area contributed by atoms with Gasteiger partial charge in [-0.15, -0.1) is 0 Å². The van der Waals surface area contributed by atoms with Gasteiger partial charge in [-0.1, -0.05) is 38.1 Å². The normalized spacial score (nSPS) is 11.7. The number of carbonyl (C=O) groups is 2. The van der Waals surface area contributed by atoms with E-state index in [-0.39, 0.29) is 0 Å². The van der Waals surface area contributed by atoms with Crippen LogP contribution in [0.5, 0.6) is 5.75 Å². The van der Waals surface area contributed by atoms with Crippen molar-refractivity contribution in [2.75, 3.05) is 12.4 Å². The summed E-state index contributed by atoms with van der Waals surface area (Å²) in [5.41, 5.74) is 2.12. The first-order valence-electron chi connectivity index (χ1n) is 8.64. The molecule has 0 spiro atoms. The number of anilines is 1. The van der Waals surface area contributed by atoms with E-state index in [0.29, 0.717) is 22.9 Å². The van der Waals surface area contributed by atoms with E-state index in [0.717, 1.165) is 6.42 Å². The highest BCUT2D eigenvalue weighted by Crippen LogP contribution is 2.23. The van der Waals surface area contributed by atoms with Crippen molar-refractivity contribution in [2.24, 2.45) is 5.92 Å². The van der Waals surface area contributed by atoms with Gasteiger partial charge < -0.3 is 14.8 Å². The second-order valence-electron chi connectivity index (χ2n) is 6.53. The van der Waals surface area contributed by atoms with Gasteiger partial charge in [0, 0.05) is 0 Å². The molecule has 1 atom stereocenters. The predicted molar refractivity (Wildman–Crippen MR) is 101 cm³/mol. The molecule has 0 radical (unpaired) electrons. The Kier molecular flexibility index (Phi) is 6.78. The quantitative estimate of drug-likeness (QED) is 0.760. The second kappa shape index (κ2) is 9.04. The molecule has 0 aromatic heterocycles.